The number of benzene rings is 1. The Labute approximate surface area is 328 Å². The number of nitrogens with one attached hydrogen (secondary N) is 2. The van der Waals surface area contributed by atoms with Crippen molar-refractivity contribution >= 4 is 50.5 Å². The number of aryl methyl sites for hydroxylation is 2. The highest BCUT2D eigenvalue weighted by Crippen LogP contribution is 2.39. The molecular formula is C39H43N7O8S2. The third-order valence-corrected chi connectivity index (χ3v) is 10.3. The van der Waals surface area contributed by atoms with Crippen LogP contribution in [0.5, 0.6) is 5.75 Å². The normalized spacial score (nSPS) is 12.6. The van der Waals surface area contributed by atoms with E-state index >= 15 is 0 Å². The van der Waals surface area contributed by atoms with Crippen molar-refractivity contribution in [3.63, 3.8) is 0 Å². The molecule has 0 bridgehead atoms. The summed E-state index contributed by atoms with van der Waals surface area (Å²) in [7, 11) is -4.09. The van der Waals surface area contributed by atoms with Gasteiger partial charge >= 0.3 is 12.2 Å². The molecule has 15 nitrogen and oxygen atoms in total. The van der Waals surface area contributed by atoms with Crippen LogP contribution in [0.25, 0.3) is 33.7 Å². The first kappa shape index (κ1) is 39.9. The van der Waals surface area contributed by atoms with E-state index in [1.54, 1.807) is 85.7 Å². The molecule has 0 radical (unpaired) electrons. The van der Waals surface area contributed by atoms with Crippen LogP contribution >= 0.6 is 11.3 Å². The first-order chi connectivity index (χ1) is 26.4. The molecule has 0 unspecified atom stereocenters. The minimum Gasteiger partial charge on any atom is -0.488 e. The number of amides is 2. The lowest BCUT2D eigenvalue weighted by Gasteiger charge is -2.24. The number of ether oxygens (including phenoxy) is 3. The van der Waals surface area contributed by atoms with Gasteiger partial charge in [-0.25, -0.2) is 24.5 Å². The van der Waals surface area contributed by atoms with Crippen LogP contribution in [0.1, 0.15) is 58.6 Å². The van der Waals surface area contributed by atoms with Crippen molar-refractivity contribution in [1.29, 1.82) is 0 Å². The number of furan rings is 1. The van der Waals surface area contributed by atoms with Gasteiger partial charge in [-0.3, -0.25) is 5.32 Å². The Morgan fingerprint density at radius 2 is 1.66 bits per heavy atom. The molecule has 6 aromatic rings. The molecule has 0 aliphatic rings. The molecule has 0 saturated heterocycles. The molecule has 0 fully saturated rings. The largest absolute Gasteiger partial charge is 0.488 e. The number of pyridine rings is 1. The number of anilines is 1. The fourth-order valence-corrected chi connectivity index (χ4v) is 7.60. The van der Waals surface area contributed by atoms with E-state index in [4.69, 9.17) is 28.6 Å². The summed E-state index contributed by atoms with van der Waals surface area (Å²) in [6.07, 6.45) is 1.96. The average Bonchev–Trinajstić information content (AvgIpc) is 3.87. The third kappa shape index (κ3) is 9.34. The van der Waals surface area contributed by atoms with Gasteiger partial charge in [0, 0.05) is 11.1 Å². The molecule has 0 aliphatic heterocycles. The summed E-state index contributed by atoms with van der Waals surface area (Å²) < 4.78 is 51.2. The van der Waals surface area contributed by atoms with Crippen LogP contribution in [0.2, 0.25) is 0 Å². The van der Waals surface area contributed by atoms with Crippen molar-refractivity contribution in [3.8, 4) is 28.3 Å². The highest BCUT2D eigenvalue weighted by Gasteiger charge is 2.28. The standard InChI is InChI=1S/C39H43N7O8S2/c1-23-32-35(46(45-23)56(49,50)27-12-10-9-11-13-27)40-20-30(42-32)29-19-31(52-21-26(18-25-15-17-55-22-25)41-36(47)53-38(3,4)5)34(44-37(48)54-39(6,7)8)43-33(29)28-14-16-51-24(28)2/h9-17,19-20,22,26H,18,21H2,1-8H3,(H,41,47)(H,43,44,48)/t26-/m0/s1. The van der Waals surface area contributed by atoms with Gasteiger partial charge in [0.25, 0.3) is 10.0 Å². The maximum absolute atomic E-state index is 13.6. The zero-order valence-corrected chi connectivity index (χ0v) is 33.9. The van der Waals surface area contributed by atoms with Crippen LogP contribution in [-0.4, -0.2) is 68.6 Å². The maximum atomic E-state index is 13.6. The van der Waals surface area contributed by atoms with Gasteiger partial charge in [-0.2, -0.15) is 24.9 Å². The first-order valence-corrected chi connectivity index (χ1v) is 20.0. The van der Waals surface area contributed by atoms with E-state index in [-0.39, 0.29) is 34.2 Å². The van der Waals surface area contributed by atoms with E-state index in [1.807, 2.05) is 16.8 Å². The van der Waals surface area contributed by atoms with Crippen molar-refractivity contribution in [2.45, 2.75) is 84.0 Å². The van der Waals surface area contributed by atoms with E-state index in [0.717, 1.165) is 9.65 Å². The molecule has 0 spiro atoms. The Balaban J connectivity index is 1.46. The molecule has 1 aromatic carbocycles. The number of hydrogen-bond acceptors (Lipinski definition) is 13. The quantitative estimate of drug-likeness (QED) is 0.129. The van der Waals surface area contributed by atoms with E-state index in [9.17, 15) is 18.0 Å². The fourth-order valence-electron chi connectivity index (χ4n) is 5.62. The van der Waals surface area contributed by atoms with Crippen LogP contribution < -0.4 is 15.4 Å². The summed E-state index contributed by atoms with van der Waals surface area (Å²) in [5, 5.41) is 13.9. The maximum Gasteiger partial charge on any atom is 0.413 e. The Morgan fingerprint density at radius 3 is 2.30 bits per heavy atom. The highest BCUT2D eigenvalue weighted by atomic mass is 32.2. The zero-order chi connectivity index (χ0) is 40.4. The van der Waals surface area contributed by atoms with Crippen molar-refractivity contribution in [3.05, 3.63) is 88.8 Å². The SMILES string of the molecule is Cc1occc1-c1nc(NC(=O)OC(C)(C)C)c(OC[C@H](Cc2ccsc2)NC(=O)OC(C)(C)C)cc1-c1cnc2c(n1)c(C)nn2S(=O)(=O)c1ccccc1. The molecule has 0 saturated carbocycles. The van der Waals surface area contributed by atoms with Crippen LogP contribution in [0, 0.1) is 13.8 Å². The molecule has 0 aliphatic carbocycles. The van der Waals surface area contributed by atoms with Gasteiger partial charge in [0.1, 0.15) is 29.1 Å². The van der Waals surface area contributed by atoms with Gasteiger partial charge in [-0.1, -0.05) is 18.2 Å². The minimum atomic E-state index is -4.09. The highest BCUT2D eigenvalue weighted by molar-refractivity contribution is 7.90. The van der Waals surface area contributed by atoms with Gasteiger partial charge in [-0.15, -0.1) is 4.09 Å². The number of nitrogens with zero attached hydrogens (tertiary/aromatic N) is 5. The van der Waals surface area contributed by atoms with Crippen molar-refractivity contribution in [2.75, 3.05) is 11.9 Å². The third-order valence-electron chi connectivity index (χ3n) is 8.01. The molecule has 1 atom stereocenters. The van der Waals surface area contributed by atoms with Crippen LogP contribution in [0.3, 0.4) is 0 Å². The summed E-state index contributed by atoms with van der Waals surface area (Å²) in [6.45, 7) is 13.9. The molecule has 294 valence electrons. The van der Waals surface area contributed by atoms with Crippen molar-refractivity contribution in [1.82, 2.24) is 29.5 Å². The van der Waals surface area contributed by atoms with Crippen LogP contribution in [0.4, 0.5) is 15.4 Å². The lowest BCUT2D eigenvalue weighted by atomic mass is 10.0. The fraction of sp³-hybridized carbons (Fsp3) is 0.333. The zero-order valence-electron chi connectivity index (χ0n) is 32.2. The average molecular weight is 802 g/mol. The number of rotatable bonds is 11. The summed E-state index contributed by atoms with van der Waals surface area (Å²) >= 11 is 1.53. The van der Waals surface area contributed by atoms with Gasteiger partial charge in [-0.05, 0) is 108 Å². The van der Waals surface area contributed by atoms with Gasteiger partial charge < -0.3 is 23.9 Å². The van der Waals surface area contributed by atoms with Gasteiger partial charge in [0.15, 0.2) is 17.2 Å². The molecule has 56 heavy (non-hydrogen) atoms. The predicted molar refractivity (Wildman–Crippen MR) is 211 cm³/mol. The molecule has 17 heteroatoms. The number of thiophene rings is 1. The monoisotopic (exact) mass is 801 g/mol. The first-order valence-electron chi connectivity index (χ1n) is 17.6. The number of carbonyl (C=O) groups is 2. The van der Waals surface area contributed by atoms with Crippen molar-refractivity contribution < 1.29 is 36.6 Å². The van der Waals surface area contributed by atoms with E-state index in [2.05, 4.69) is 20.7 Å². The Kier molecular flexibility index (Phi) is 11.2. The second-order valence-corrected chi connectivity index (χ2v) is 17.5. The smallest absolute Gasteiger partial charge is 0.413 e. The number of aromatic nitrogens is 5. The Bertz CT molecular complexity index is 2470. The van der Waals surface area contributed by atoms with Crippen molar-refractivity contribution in [2.24, 2.45) is 0 Å². The lowest BCUT2D eigenvalue weighted by molar-refractivity contribution is 0.0487. The molecule has 5 aromatic heterocycles. The second-order valence-electron chi connectivity index (χ2n) is 14.9. The van der Waals surface area contributed by atoms with Gasteiger partial charge in [0.05, 0.1) is 40.5 Å². The van der Waals surface area contributed by atoms with E-state index in [0.29, 0.717) is 40.4 Å². The topological polar surface area (TPSA) is 190 Å². The summed E-state index contributed by atoms with van der Waals surface area (Å²) in [5.41, 5.74) is 1.69. The van der Waals surface area contributed by atoms with E-state index < -0.39 is 39.5 Å². The Morgan fingerprint density at radius 1 is 0.946 bits per heavy atom. The number of alkyl carbamates (subject to hydrolysis) is 1. The molecule has 2 N–H and O–H groups in total. The number of fused-ring (bicyclic) bond motifs is 1. The minimum absolute atomic E-state index is 0.0251. The van der Waals surface area contributed by atoms with Crippen LogP contribution in [-0.2, 0) is 25.9 Å². The molecule has 2 amide bonds. The molecule has 5 heterocycles. The Hall–Kier alpha value is -5.81. The summed E-state index contributed by atoms with van der Waals surface area (Å²) in [4.78, 5) is 40.5. The summed E-state index contributed by atoms with van der Waals surface area (Å²) in [6, 6.07) is 12.7. The molecule has 6 rings (SSSR count). The summed E-state index contributed by atoms with van der Waals surface area (Å²) in [5.74, 6) is 0.676. The number of carbonyl (C=O) groups excluding carboxylic acids is 2. The second kappa shape index (κ2) is 15.7. The van der Waals surface area contributed by atoms with Crippen LogP contribution in [0.15, 0.2) is 81.1 Å². The predicted octanol–water partition coefficient (Wildman–Crippen LogP) is 7.93. The lowest BCUT2D eigenvalue weighted by Crippen LogP contribution is -2.43. The van der Waals surface area contributed by atoms with Gasteiger partial charge in [0.2, 0.25) is 0 Å². The number of hydrogen-bond donors (Lipinski definition) is 2. The molecular weight excluding hydrogens is 759 g/mol. The van der Waals surface area contributed by atoms with E-state index in [1.165, 1.54) is 35.9 Å².